The molecule has 1 saturated heterocycles. The van der Waals surface area contributed by atoms with Crippen LogP contribution in [0.4, 0.5) is 0 Å². The second-order valence-electron chi connectivity index (χ2n) is 12.6. The van der Waals surface area contributed by atoms with Crippen LogP contribution in [0, 0.1) is 11.3 Å². The number of hydrogen-bond donors (Lipinski definition) is 4. The van der Waals surface area contributed by atoms with Gasteiger partial charge in [0.25, 0.3) is 0 Å². The van der Waals surface area contributed by atoms with Crippen molar-refractivity contribution in [3.63, 3.8) is 0 Å². The van der Waals surface area contributed by atoms with E-state index in [1.54, 1.807) is 16.7 Å². The molecule has 36 heavy (non-hydrogen) atoms. The minimum atomic E-state index is 0.383. The number of aryl methyl sites for hydroxylation is 2. The van der Waals surface area contributed by atoms with Crippen molar-refractivity contribution in [3.8, 4) is 0 Å². The van der Waals surface area contributed by atoms with Gasteiger partial charge in [-0.05, 0) is 109 Å². The highest BCUT2D eigenvalue weighted by Gasteiger charge is 2.36. The van der Waals surface area contributed by atoms with Crippen molar-refractivity contribution >= 4 is 16.8 Å². The Kier molecular flexibility index (Phi) is 8.47. The third-order valence-corrected chi connectivity index (χ3v) is 8.79. The average Bonchev–Trinajstić information content (AvgIpc) is 2.87. The van der Waals surface area contributed by atoms with Crippen LogP contribution in [0.25, 0.3) is 16.8 Å². The summed E-state index contributed by atoms with van der Waals surface area (Å²) in [5, 5.41) is 10.7. The number of hydrazine groups is 1. The molecular formula is C32H48N4. The number of fused-ring (bicyclic) bond motifs is 5. The molecule has 0 aromatic heterocycles. The van der Waals surface area contributed by atoms with Crippen molar-refractivity contribution < 1.29 is 0 Å². The molecule has 5 rings (SSSR count). The van der Waals surface area contributed by atoms with Gasteiger partial charge in [-0.25, -0.2) is 0 Å². The molecule has 4 N–H and O–H groups in total. The Morgan fingerprint density at radius 1 is 0.861 bits per heavy atom. The highest BCUT2D eigenvalue weighted by molar-refractivity contribution is 5.93. The van der Waals surface area contributed by atoms with E-state index in [1.807, 2.05) is 0 Å². The van der Waals surface area contributed by atoms with Crippen molar-refractivity contribution in [1.82, 2.24) is 21.5 Å². The SMILES string of the molecule is CC(C)(C)CCC1CCc2c(ccc3c4c(ccc23)C=CCC4)C1C1CCNNCCCCNCN1. The number of allylic oxidation sites excluding steroid dienone is 1. The van der Waals surface area contributed by atoms with E-state index in [-0.39, 0.29) is 0 Å². The maximum absolute atomic E-state index is 3.99. The van der Waals surface area contributed by atoms with Crippen LogP contribution in [0.2, 0.25) is 0 Å². The van der Waals surface area contributed by atoms with Crippen molar-refractivity contribution in [3.05, 3.63) is 52.6 Å². The van der Waals surface area contributed by atoms with Gasteiger partial charge in [-0.1, -0.05) is 57.2 Å². The molecule has 2 aliphatic carbocycles. The molecule has 1 fully saturated rings. The zero-order chi connectivity index (χ0) is 25.0. The summed E-state index contributed by atoms with van der Waals surface area (Å²) in [6.45, 7) is 11.2. The van der Waals surface area contributed by atoms with E-state index in [0.29, 0.717) is 17.4 Å². The largest absolute Gasteiger partial charge is 0.304 e. The highest BCUT2D eigenvalue weighted by atomic mass is 15.3. The van der Waals surface area contributed by atoms with E-state index in [4.69, 9.17) is 0 Å². The molecule has 0 bridgehead atoms. The van der Waals surface area contributed by atoms with Crippen molar-refractivity contribution in [2.75, 3.05) is 26.3 Å². The molecule has 1 aliphatic heterocycles. The van der Waals surface area contributed by atoms with Crippen LogP contribution in [0.1, 0.15) is 93.9 Å². The first-order chi connectivity index (χ1) is 17.5. The number of hydrogen-bond acceptors (Lipinski definition) is 4. The summed E-state index contributed by atoms with van der Waals surface area (Å²) in [6.07, 6.45) is 15.7. The van der Waals surface area contributed by atoms with Crippen molar-refractivity contribution in [2.24, 2.45) is 11.3 Å². The molecule has 3 aliphatic rings. The average molecular weight is 489 g/mol. The van der Waals surface area contributed by atoms with E-state index in [9.17, 15) is 0 Å². The molecule has 3 unspecified atom stereocenters. The van der Waals surface area contributed by atoms with E-state index in [2.05, 4.69) is 78.7 Å². The van der Waals surface area contributed by atoms with Gasteiger partial charge in [0, 0.05) is 31.7 Å². The Hall–Kier alpha value is -1.72. The molecule has 0 radical (unpaired) electrons. The molecule has 3 atom stereocenters. The van der Waals surface area contributed by atoms with Gasteiger partial charge in [-0.2, -0.15) is 0 Å². The van der Waals surface area contributed by atoms with Gasteiger partial charge < -0.3 is 10.6 Å². The van der Waals surface area contributed by atoms with Crippen LogP contribution in [0.15, 0.2) is 30.3 Å². The third kappa shape index (κ3) is 6.05. The summed E-state index contributed by atoms with van der Waals surface area (Å²) in [5.41, 5.74) is 13.6. The zero-order valence-electron chi connectivity index (χ0n) is 22.9. The predicted molar refractivity (Wildman–Crippen MR) is 154 cm³/mol. The third-order valence-electron chi connectivity index (χ3n) is 8.79. The topological polar surface area (TPSA) is 48.1 Å². The monoisotopic (exact) mass is 488 g/mol. The Balaban J connectivity index is 1.50. The van der Waals surface area contributed by atoms with Crippen molar-refractivity contribution in [1.29, 1.82) is 0 Å². The normalized spacial score (nSPS) is 26.0. The van der Waals surface area contributed by atoms with Gasteiger partial charge in [0.05, 0.1) is 0 Å². The molecule has 1 heterocycles. The first kappa shape index (κ1) is 25.9. The second-order valence-corrected chi connectivity index (χ2v) is 12.6. The van der Waals surface area contributed by atoms with E-state index in [1.165, 1.54) is 67.7 Å². The van der Waals surface area contributed by atoms with Crippen LogP contribution in [-0.2, 0) is 12.8 Å². The smallest absolute Gasteiger partial charge is 0.0456 e. The molecule has 4 heteroatoms. The van der Waals surface area contributed by atoms with Gasteiger partial charge >= 0.3 is 0 Å². The second kappa shape index (κ2) is 11.8. The van der Waals surface area contributed by atoms with E-state index in [0.717, 1.165) is 38.6 Å². The summed E-state index contributed by atoms with van der Waals surface area (Å²) in [6, 6.07) is 10.3. The van der Waals surface area contributed by atoms with E-state index >= 15 is 0 Å². The standard InChI is InChI=1S/C32H48N4/c1-32(2,3)18-16-24-11-13-28-27-12-10-23-8-4-5-9-25(23)26(27)14-15-29(28)31(24)30-17-21-36-35-20-7-6-19-33-22-34-30/h4,8,10,12,14-15,24,30-31,33-36H,5-7,9,11,13,16-22H2,1-3H3. The fourth-order valence-corrected chi connectivity index (χ4v) is 6.85. The highest BCUT2D eigenvalue weighted by Crippen LogP contribution is 2.46. The van der Waals surface area contributed by atoms with Gasteiger partial charge in [0.15, 0.2) is 0 Å². The Morgan fingerprint density at radius 3 is 2.56 bits per heavy atom. The Morgan fingerprint density at radius 2 is 1.67 bits per heavy atom. The number of nitrogens with one attached hydrogen (secondary N) is 4. The lowest BCUT2D eigenvalue weighted by Gasteiger charge is -2.41. The van der Waals surface area contributed by atoms with E-state index < -0.39 is 0 Å². The van der Waals surface area contributed by atoms with Crippen LogP contribution in [-0.4, -0.2) is 32.3 Å². The summed E-state index contributed by atoms with van der Waals surface area (Å²) in [4.78, 5) is 0. The number of benzene rings is 2. The molecule has 0 amide bonds. The maximum Gasteiger partial charge on any atom is 0.0456 e. The molecule has 0 saturated carbocycles. The molecule has 2 aromatic rings. The summed E-state index contributed by atoms with van der Waals surface area (Å²) in [7, 11) is 0. The minimum Gasteiger partial charge on any atom is -0.304 e. The predicted octanol–water partition coefficient (Wildman–Crippen LogP) is 6.05. The molecular weight excluding hydrogens is 440 g/mol. The lowest BCUT2D eigenvalue weighted by atomic mass is 9.67. The Bertz CT molecular complexity index is 1040. The first-order valence-corrected chi connectivity index (χ1v) is 14.6. The summed E-state index contributed by atoms with van der Waals surface area (Å²) in [5.74, 6) is 1.29. The van der Waals surface area contributed by atoms with Gasteiger partial charge in [-0.3, -0.25) is 10.9 Å². The van der Waals surface area contributed by atoms with Crippen molar-refractivity contribution in [2.45, 2.75) is 90.5 Å². The van der Waals surface area contributed by atoms with Crippen LogP contribution in [0.5, 0.6) is 0 Å². The summed E-state index contributed by atoms with van der Waals surface area (Å²) >= 11 is 0. The molecule has 2 aromatic carbocycles. The fraction of sp³-hybridized carbons (Fsp3) is 0.625. The first-order valence-electron chi connectivity index (χ1n) is 14.6. The fourth-order valence-electron chi connectivity index (χ4n) is 6.85. The quantitative estimate of drug-likeness (QED) is 0.424. The number of rotatable bonds is 3. The molecule has 0 spiro atoms. The van der Waals surface area contributed by atoms with Gasteiger partial charge in [-0.15, -0.1) is 0 Å². The molecule has 196 valence electrons. The lowest BCUT2D eigenvalue weighted by molar-refractivity contribution is 0.231. The van der Waals surface area contributed by atoms with Gasteiger partial charge in [0.2, 0.25) is 0 Å². The molecule has 4 nitrogen and oxygen atoms in total. The van der Waals surface area contributed by atoms with Crippen LogP contribution in [0.3, 0.4) is 0 Å². The Labute approximate surface area is 219 Å². The summed E-state index contributed by atoms with van der Waals surface area (Å²) < 4.78 is 0. The van der Waals surface area contributed by atoms with Crippen LogP contribution >= 0.6 is 0 Å². The minimum absolute atomic E-state index is 0.383. The lowest BCUT2D eigenvalue weighted by Crippen LogP contribution is -2.47. The van der Waals surface area contributed by atoms with Gasteiger partial charge in [0.1, 0.15) is 0 Å². The zero-order valence-corrected chi connectivity index (χ0v) is 22.9. The van der Waals surface area contributed by atoms with Crippen LogP contribution < -0.4 is 21.5 Å². The maximum atomic E-state index is 3.99.